The van der Waals surface area contributed by atoms with Gasteiger partial charge >= 0.3 is 17.7 Å². The van der Waals surface area contributed by atoms with Crippen molar-refractivity contribution in [2.24, 2.45) is 23.7 Å². The summed E-state index contributed by atoms with van der Waals surface area (Å²) in [6, 6.07) is 0. The molecule has 1 heterocycles. The van der Waals surface area contributed by atoms with Gasteiger partial charge in [-0.15, -0.1) is 0 Å². The first-order chi connectivity index (χ1) is 16.8. The summed E-state index contributed by atoms with van der Waals surface area (Å²) in [7, 11) is 0. The molecule has 0 spiro atoms. The third-order valence-corrected chi connectivity index (χ3v) is 7.22. The number of ether oxygens (including phenoxy) is 3. The van der Waals surface area contributed by atoms with Gasteiger partial charge in [0, 0.05) is 4.90 Å². The van der Waals surface area contributed by atoms with Gasteiger partial charge in [-0.25, -0.2) is 4.79 Å². The maximum atomic E-state index is 12.9. The van der Waals surface area contributed by atoms with Crippen LogP contribution < -0.4 is 0 Å². The second kappa shape index (κ2) is 15.3. The molecular formula is C27H47NO7. The zero-order chi connectivity index (χ0) is 25.8. The molecule has 1 saturated carbocycles. The summed E-state index contributed by atoms with van der Waals surface area (Å²) in [5, 5.41) is 12.9. The summed E-state index contributed by atoms with van der Waals surface area (Å²) in [6.07, 6.45) is 9.42. The largest absolute Gasteiger partial charge is 0.458 e. The Bertz CT molecular complexity index is 693. The van der Waals surface area contributed by atoms with Crippen molar-refractivity contribution >= 4 is 17.7 Å². The molecule has 8 nitrogen and oxygen atoms in total. The number of carbonyl (C=O) groups excluding carboxylic acids is 2. The van der Waals surface area contributed by atoms with Crippen LogP contribution in [-0.2, 0) is 28.6 Å². The van der Waals surface area contributed by atoms with Crippen LogP contribution in [0.1, 0.15) is 105 Å². The highest BCUT2D eigenvalue weighted by atomic mass is 16.9. The van der Waals surface area contributed by atoms with Gasteiger partial charge in [0.15, 0.2) is 0 Å². The molecule has 0 bridgehead atoms. The zero-order valence-electron chi connectivity index (χ0n) is 22.5. The van der Waals surface area contributed by atoms with Gasteiger partial charge in [-0.2, -0.15) is 0 Å². The van der Waals surface area contributed by atoms with E-state index in [9.17, 15) is 14.8 Å². The fraction of sp³-hybridized carbons (Fsp3) is 0.889. The smallest absolute Gasteiger partial charge is 0.405 e. The summed E-state index contributed by atoms with van der Waals surface area (Å²) in [5.74, 6) is -0.908. The van der Waals surface area contributed by atoms with Gasteiger partial charge in [0.05, 0.1) is 25.7 Å². The molecule has 1 aliphatic heterocycles. The third-order valence-electron chi connectivity index (χ3n) is 7.22. The molecule has 1 saturated heterocycles. The van der Waals surface area contributed by atoms with Gasteiger partial charge in [-0.3, -0.25) is 10.0 Å². The Kier molecular flexibility index (Phi) is 12.9. The molecular weight excluding hydrogens is 450 g/mol. The van der Waals surface area contributed by atoms with E-state index in [1.165, 1.54) is 25.7 Å². The van der Waals surface area contributed by atoms with Crippen molar-refractivity contribution in [1.82, 2.24) is 0 Å². The molecule has 0 radical (unpaired) electrons. The van der Waals surface area contributed by atoms with E-state index in [4.69, 9.17) is 19.0 Å². The topological polar surface area (TPSA) is 97.1 Å². The summed E-state index contributed by atoms with van der Waals surface area (Å²) in [5.41, 5.74) is -0.254. The number of cyclic esters (lactones) is 1. The Labute approximate surface area is 211 Å². The van der Waals surface area contributed by atoms with Crippen LogP contribution in [0.4, 0.5) is 0 Å². The maximum absolute atomic E-state index is 12.9. The van der Waals surface area contributed by atoms with Crippen molar-refractivity contribution in [3.8, 4) is 0 Å². The van der Waals surface area contributed by atoms with Gasteiger partial charge in [0.1, 0.15) is 5.92 Å². The van der Waals surface area contributed by atoms with Crippen molar-refractivity contribution in [2.45, 2.75) is 118 Å². The van der Waals surface area contributed by atoms with Crippen LogP contribution >= 0.6 is 0 Å². The van der Waals surface area contributed by atoms with Crippen molar-refractivity contribution in [3.63, 3.8) is 0 Å². The minimum absolute atomic E-state index is 0.102. The molecule has 0 aromatic carbocycles. The van der Waals surface area contributed by atoms with Gasteiger partial charge in [0.25, 0.3) is 0 Å². The molecule has 5 atom stereocenters. The number of carbonyl (C=O) groups is 2. The van der Waals surface area contributed by atoms with Crippen molar-refractivity contribution in [1.29, 1.82) is 0 Å². The van der Waals surface area contributed by atoms with Crippen LogP contribution in [-0.4, -0.2) is 48.2 Å². The lowest BCUT2D eigenvalue weighted by atomic mass is 9.75. The molecule has 1 aliphatic carbocycles. The fourth-order valence-electron chi connectivity index (χ4n) is 5.17. The predicted molar refractivity (Wildman–Crippen MR) is 133 cm³/mol. The molecule has 3 unspecified atom stereocenters. The van der Waals surface area contributed by atoms with E-state index in [1.807, 2.05) is 0 Å². The highest BCUT2D eigenvalue weighted by molar-refractivity contribution is 6.35. The second-order valence-electron chi connectivity index (χ2n) is 10.5. The van der Waals surface area contributed by atoms with E-state index < -0.39 is 24.1 Å². The highest BCUT2D eigenvalue weighted by Gasteiger charge is 2.50. The first kappa shape index (κ1) is 29.4. The van der Waals surface area contributed by atoms with E-state index >= 15 is 0 Å². The summed E-state index contributed by atoms with van der Waals surface area (Å²) < 4.78 is 17.0. The average molecular weight is 498 g/mol. The van der Waals surface area contributed by atoms with Crippen molar-refractivity contribution in [2.75, 3.05) is 13.2 Å². The van der Waals surface area contributed by atoms with E-state index in [0.29, 0.717) is 17.8 Å². The number of hydrogen-bond acceptors (Lipinski definition) is 7. The zero-order valence-corrected chi connectivity index (χ0v) is 22.5. The minimum atomic E-state index is -1.00. The molecule has 0 aromatic heterocycles. The van der Waals surface area contributed by atoms with Gasteiger partial charge in [-0.1, -0.05) is 72.6 Å². The predicted octanol–water partition coefficient (Wildman–Crippen LogP) is 5.55. The van der Waals surface area contributed by atoms with E-state index in [1.54, 1.807) is 6.92 Å². The lowest BCUT2D eigenvalue weighted by Gasteiger charge is -2.38. The molecule has 2 aliphatic rings. The number of esters is 2. The highest BCUT2D eigenvalue weighted by Crippen LogP contribution is 2.38. The lowest BCUT2D eigenvalue weighted by Crippen LogP contribution is -2.43. The second-order valence-corrected chi connectivity index (χ2v) is 10.5. The molecule has 8 heteroatoms. The Morgan fingerprint density at radius 1 is 1.11 bits per heavy atom. The van der Waals surface area contributed by atoms with Crippen LogP contribution in [0, 0.1) is 28.9 Å². The van der Waals surface area contributed by atoms with Gasteiger partial charge < -0.3 is 19.0 Å². The van der Waals surface area contributed by atoms with Crippen LogP contribution in [0.25, 0.3) is 0 Å². The Morgan fingerprint density at radius 3 is 2.46 bits per heavy atom. The standard InChI is InChI=1S/C27H47NO7/c1-6-8-9-10-11-12-13-16-33-28(31)25(26(30)32-7-2)22-18-24(29)35-27(22)34-23-17-20(5)14-15-21(23)19(3)4/h19-23,27H,6-18H2,1-5H3/b28-25-/t20?,21?,22-,23?,27+/m0/s1. The Balaban J connectivity index is 2.09. The van der Waals surface area contributed by atoms with Gasteiger partial charge in [0.2, 0.25) is 6.29 Å². The monoisotopic (exact) mass is 497 g/mol. The lowest BCUT2D eigenvalue weighted by molar-refractivity contribution is -0.742. The van der Waals surface area contributed by atoms with Crippen molar-refractivity contribution < 1.29 is 33.5 Å². The van der Waals surface area contributed by atoms with E-state index in [0.717, 1.165) is 38.5 Å². The normalized spacial score (nSPS) is 27.5. The summed E-state index contributed by atoms with van der Waals surface area (Å²) >= 11 is 0. The first-order valence-electron chi connectivity index (χ1n) is 13.8. The number of hydrogen-bond donors (Lipinski definition) is 0. The molecule has 0 amide bonds. The average Bonchev–Trinajstić information content (AvgIpc) is 3.15. The van der Waals surface area contributed by atoms with Gasteiger partial charge in [-0.05, 0) is 43.9 Å². The fourth-order valence-corrected chi connectivity index (χ4v) is 5.17. The molecule has 2 fully saturated rings. The molecule has 2 rings (SSSR count). The van der Waals surface area contributed by atoms with Crippen molar-refractivity contribution in [3.05, 3.63) is 5.21 Å². The maximum Gasteiger partial charge on any atom is 0.405 e. The number of unbranched alkanes of at least 4 members (excludes halogenated alkanes) is 6. The third kappa shape index (κ3) is 9.28. The Hall–Kier alpha value is -1.83. The minimum Gasteiger partial charge on any atom is -0.458 e. The van der Waals surface area contributed by atoms with Crippen LogP contribution in [0.15, 0.2) is 0 Å². The van der Waals surface area contributed by atoms with Crippen LogP contribution in [0.5, 0.6) is 0 Å². The quantitative estimate of drug-likeness (QED) is 0.0962. The molecule has 0 N–H and O–H groups in total. The van der Waals surface area contributed by atoms with Crippen LogP contribution in [0.2, 0.25) is 0 Å². The Morgan fingerprint density at radius 2 is 1.80 bits per heavy atom. The first-order valence-corrected chi connectivity index (χ1v) is 13.8. The van der Waals surface area contributed by atoms with E-state index in [2.05, 4.69) is 27.7 Å². The SMILES string of the molecule is CCCCCCCCCO/[N+]([O-])=C(\C(=O)OCC)[C@@H]1CC(=O)O[C@H]1OC1CC(C)CCC1C(C)C. The van der Waals surface area contributed by atoms with Crippen LogP contribution in [0.3, 0.4) is 0 Å². The summed E-state index contributed by atoms with van der Waals surface area (Å²) in [6.45, 7) is 10.7. The summed E-state index contributed by atoms with van der Waals surface area (Å²) in [4.78, 5) is 30.7. The number of nitrogens with zero attached hydrogens (tertiary/aromatic N) is 1. The molecule has 0 aromatic rings. The number of rotatable bonds is 15. The van der Waals surface area contributed by atoms with E-state index in [-0.39, 0.29) is 36.4 Å². The molecule has 202 valence electrons. The molecule has 35 heavy (non-hydrogen) atoms.